The number of hydrogen-bond acceptors (Lipinski definition) is 6. The Bertz CT molecular complexity index is 1500. The van der Waals surface area contributed by atoms with Crippen molar-refractivity contribution in [2.45, 2.75) is 13.0 Å². The number of benzene rings is 1. The van der Waals surface area contributed by atoms with Crippen LogP contribution in [0.3, 0.4) is 0 Å². The van der Waals surface area contributed by atoms with Gasteiger partial charge in [0.25, 0.3) is 5.91 Å². The van der Waals surface area contributed by atoms with Gasteiger partial charge < -0.3 is 19.5 Å². The van der Waals surface area contributed by atoms with E-state index in [1.54, 1.807) is 38.6 Å². The maximum absolute atomic E-state index is 13.7. The molecular weight excluding hydrogens is 483 g/mol. The molecular formula is C26H25FN4O4S. The third kappa shape index (κ3) is 5.28. The number of pyridine rings is 2. The molecule has 2 amide bonds. The number of carbonyl (C=O) groups excluding carboxylic acids is 2. The zero-order chi connectivity index (χ0) is 25.8. The van der Waals surface area contributed by atoms with Gasteiger partial charge in [-0.15, -0.1) is 11.3 Å². The Morgan fingerprint density at radius 3 is 2.69 bits per heavy atom. The number of carbonyl (C=O) groups is 2. The maximum Gasteiger partial charge on any atom is 0.264 e. The number of ether oxygens (including phenoxy) is 1. The van der Waals surface area contributed by atoms with Gasteiger partial charge in [-0.2, -0.15) is 4.39 Å². The number of thiophene rings is 1. The lowest BCUT2D eigenvalue weighted by atomic mass is 10.1. The van der Waals surface area contributed by atoms with Gasteiger partial charge in [-0.3, -0.25) is 14.4 Å². The van der Waals surface area contributed by atoms with Gasteiger partial charge in [0.2, 0.25) is 17.4 Å². The first-order valence-electron chi connectivity index (χ1n) is 11.2. The molecule has 1 N–H and O–H groups in total. The molecule has 0 bridgehead atoms. The van der Waals surface area contributed by atoms with Gasteiger partial charge in [-0.25, -0.2) is 4.98 Å². The van der Waals surface area contributed by atoms with Gasteiger partial charge >= 0.3 is 0 Å². The van der Waals surface area contributed by atoms with E-state index in [2.05, 4.69) is 10.3 Å². The highest BCUT2D eigenvalue weighted by Crippen LogP contribution is 2.40. The summed E-state index contributed by atoms with van der Waals surface area (Å²) in [5.41, 5.74) is 1.94. The second-order valence-electron chi connectivity index (χ2n) is 8.14. The van der Waals surface area contributed by atoms with Crippen LogP contribution in [0.4, 0.5) is 4.39 Å². The normalized spacial score (nSPS) is 10.9. The van der Waals surface area contributed by atoms with E-state index in [0.29, 0.717) is 16.3 Å². The molecule has 0 saturated heterocycles. The van der Waals surface area contributed by atoms with Crippen LogP contribution in [0.2, 0.25) is 0 Å². The lowest BCUT2D eigenvalue weighted by molar-refractivity contribution is -0.120. The molecule has 1 aromatic carbocycles. The summed E-state index contributed by atoms with van der Waals surface area (Å²) in [6.45, 7) is 0.183. The summed E-state index contributed by atoms with van der Waals surface area (Å²) in [5, 5.41) is 3.31. The van der Waals surface area contributed by atoms with Crippen LogP contribution in [0.1, 0.15) is 21.8 Å². The van der Waals surface area contributed by atoms with Crippen molar-refractivity contribution in [2.75, 3.05) is 20.7 Å². The van der Waals surface area contributed by atoms with Crippen molar-refractivity contribution < 1.29 is 18.7 Å². The van der Waals surface area contributed by atoms with Gasteiger partial charge in [0.15, 0.2) is 0 Å². The van der Waals surface area contributed by atoms with Crippen LogP contribution in [-0.4, -0.2) is 47.0 Å². The standard InChI is InChI=1S/C26H25FN4O4S/c1-28-23(32)11-12-31(15-17-5-4-6-22(27)29-17)26(34)21-13-19-20(35-3)9-8-18(25(19)36-21)16-7-10-24(33)30(2)14-16/h4-10,13-14H,11-12,15H2,1-3H3,(H,28,32). The molecule has 186 valence electrons. The van der Waals surface area contributed by atoms with E-state index in [9.17, 15) is 18.8 Å². The number of amides is 2. The minimum atomic E-state index is -0.639. The first-order valence-corrected chi connectivity index (χ1v) is 12.0. The molecule has 8 nitrogen and oxygen atoms in total. The second kappa shape index (κ2) is 10.7. The van der Waals surface area contributed by atoms with Crippen molar-refractivity contribution in [3.05, 3.63) is 81.6 Å². The maximum atomic E-state index is 13.7. The molecule has 4 aromatic rings. The predicted octanol–water partition coefficient (Wildman–Crippen LogP) is 3.59. The molecule has 0 spiro atoms. The average molecular weight is 509 g/mol. The van der Waals surface area contributed by atoms with Crippen molar-refractivity contribution in [3.63, 3.8) is 0 Å². The van der Waals surface area contributed by atoms with E-state index in [1.165, 1.54) is 46.1 Å². The summed E-state index contributed by atoms with van der Waals surface area (Å²) in [6.07, 6.45) is 1.84. The first kappa shape index (κ1) is 25.1. The highest BCUT2D eigenvalue weighted by Gasteiger charge is 2.22. The molecule has 0 radical (unpaired) electrons. The third-order valence-corrected chi connectivity index (χ3v) is 6.93. The van der Waals surface area contributed by atoms with E-state index >= 15 is 0 Å². The number of aryl methyl sites for hydroxylation is 1. The van der Waals surface area contributed by atoms with Crippen LogP contribution in [-0.2, 0) is 18.4 Å². The lowest BCUT2D eigenvalue weighted by Gasteiger charge is -2.21. The minimum absolute atomic E-state index is 0.0482. The highest BCUT2D eigenvalue weighted by molar-refractivity contribution is 7.21. The number of nitrogens with zero attached hydrogens (tertiary/aromatic N) is 3. The smallest absolute Gasteiger partial charge is 0.264 e. The zero-order valence-corrected chi connectivity index (χ0v) is 20.9. The topological polar surface area (TPSA) is 93.5 Å². The summed E-state index contributed by atoms with van der Waals surface area (Å²) >= 11 is 1.29. The molecule has 3 heterocycles. The molecule has 36 heavy (non-hydrogen) atoms. The molecule has 0 saturated carbocycles. The Balaban J connectivity index is 1.76. The summed E-state index contributed by atoms with van der Waals surface area (Å²) in [5.74, 6) is -0.549. The lowest BCUT2D eigenvalue weighted by Crippen LogP contribution is -2.34. The Hall–Kier alpha value is -4.05. The van der Waals surface area contributed by atoms with Gasteiger partial charge in [-0.05, 0) is 42.0 Å². The molecule has 0 unspecified atom stereocenters. The summed E-state index contributed by atoms with van der Waals surface area (Å²) < 4.78 is 21.5. The number of fused-ring (bicyclic) bond motifs is 1. The zero-order valence-electron chi connectivity index (χ0n) is 20.1. The molecule has 3 aromatic heterocycles. The fourth-order valence-electron chi connectivity index (χ4n) is 3.87. The Morgan fingerprint density at radius 1 is 1.19 bits per heavy atom. The number of hydrogen-bond donors (Lipinski definition) is 1. The summed E-state index contributed by atoms with van der Waals surface area (Å²) in [7, 11) is 4.77. The van der Waals surface area contributed by atoms with Gasteiger partial charge in [-0.1, -0.05) is 6.07 Å². The molecule has 10 heteroatoms. The molecule has 0 atom stereocenters. The fraction of sp³-hybridized carbons (Fsp3) is 0.231. The summed E-state index contributed by atoms with van der Waals surface area (Å²) in [6, 6.07) is 13.1. The van der Waals surface area contributed by atoms with Crippen LogP contribution >= 0.6 is 11.3 Å². The number of halogens is 1. The van der Waals surface area contributed by atoms with Crippen molar-refractivity contribution in [1.29, 1.82) is 0 Å². The van der Waals surface area contributed by atoms with Crippen molar-refractivity contribution in [2.24, 2.45) is 7.05 Å². The van der Waals surface area contributed by atoms with Crippen LogP contribution in [0.15, 0.2) is 59.5 Å². The second-order valence-corrected chi connectivity index (χ2v) is 9.19. The molecule has 0 aliphatic heterocycles. The van der Waals surface area contributed by atoms with Crippen molar-refractivity contribution in [3.8, 4) is 16.9 Å². The minimum Gasteiger partial charge on any atom is -0.496 e. The van der Waals surface area contributed by atoms with E-state index < -0.39 is 5.95 Å². The van der Waals surface area contributed by atoms with Crippen LogP contribution < -0.4 is 15.6 Å². The first-order chi connectivity index (χ1) is 17.3. The molecule has 0 aliphatic rings. The van der Waals surface area contributed by atoms with Gasteiger partial charge in [0, 0.05) is 55.0 Å². The van der Waals surface area contributed by atoms with E-state index in [-0.39, 0.29) is 36.9 Å². The van der Waals surface area contributed by atoms with Crippen molar-refractivity contribution in [1.82, 2.24) is 19.8 Å². The van der Waals surface area contributed by atoms with Gasteiger partial charge in [0.1, 0.15) is 5.75 Å². The Morgan fingerprint density at radius 2 is 2.00 bits per heavy atom. The van der Waals surface area contributed by atoms with E-state index in [0.717, 1.165) is 21.2 Å². The number of rotatable bonds is 8. The Kier molecular flexibility index (Phi) is 7.44. The number of methoxy groups -OCH3 is 1. The van der Waals surface area contributed by atoms with Crippen LogP contribution in [0.5, 0.6) is 5.75 Å². The highest BCUT2D eigenvalue weighted by atomic mass is 32.1. The summed E-state index contributed by atoms with van der Waals surface area (Å²) in [4.78, 5) is 43.2. The van der Waals surface area contributed by atoms with Crippen LogP contribution in [0, 0.1) is 5.95 Å². The molecule has 4 rings (SSSR count). The average Bonchev–Trinajstić information content (AvgIpc) is 3.32. The van der Waals surface area contributed by atoms with Crippen LogP contribution in [0.25, 0.3) is 21.2 Å². The predicted molar refractivity (Wildman–Crippen MR) is 137 cm³/mol. The molecule has 0 aliphatic carbocycles. The van der Waals surface area contributed by atoms with Crippen molar-refractivity contribution >= 4 is 33.2 Å². The fourth-order valence-corrected chi connectivity index (χ4v) is 5.04. The quantitative estimate of drug-likeness (QED) is 0.367. The SMILES string of the molecule is CNC(=O)CCN(Cc1cccc(F)n1)C(=O)c1cc2c(OC)ccc(-c3ccc(=O)n(C)c3)c2s1. The monoisotopic (exact) mass is 508 g/mol. The number of aromatic nitrogens is 2. The number of nitrogens with one attached hydrogen (secondary N) is 1. The third-order valence-electron chi connectivity index (χ3n) is 5.77. The van der Waals surface area contributed by atoms with E-state index in [1.807, 2.05) is 12.1 Å². The largest absolute Gasteiger partial charge is 0.496 e. The van der Waals surface area contributed by atoms with E-state index in [4.69, 9.17) is 4.74 Å². The van der Waals surface area contributed by atoms with Gasteiger partial charge in [0.05, 0.1) is 24.2 Å². The molecule has 0 fully saturated rings. The Labute approximate surface area is 211 Å².